The van der Waals surface area contributed by atoms with Gasteiger partial charge in [0.2, 0.25) is 5.91 Å². The second-order valence-electron chi connectivity index (χ2n) is 7.38. The number of benzene rings is 1. The summed E-state index contributed by atoms with van der Waals surface area (Å²) in [4.78, 5) is 20.7. The first kappa shape index (κ1) is 17.2. The minimum absolute atomic E-state index is 0.232. The maximum atomic E-state index is 12.3. The number of likely N-dealkylation sites (N-methyl/N-ethyl adjacent to an activating group) is 1. The molecule has 2 aliphatic rings. The molecule has 1 amide bonds. The number of hydrogen-bond acceptors (Lipinski definition) is 4. The molecule has 0 bridgehead atoms. The second-order valence-corrected chi connectivity index (χ2v) is 7.38. The van der Waals surface area contributed by atoms with Gasteiger partial charge in [0.25, 0.3) is 0 Å². The van der Waals surface area contributed by atoms with Gasteiger partial charge in [0.05, 0.1) is 6.54 Å². The zero-order valence-electron chi connectivity index (χ0n) is 15.3. The molecule has 1 unspecified atom stereocenters. The van der Waals surface area contributed by atoms with E-state index in [4.69, 9.17) is 0 Å². The molecule has 2 aromatic rings. The monoisotopic (exact) mass is 350 g/mol. The first-order valence-corrected chi connectivity index (χ1v) is 9.41. The molecule has 136 valence electrons. The molecule has 4 rings (SSSR count). The van der Waals surface area contributed by atoms with Crippen molar-refractivity contribution in [3.05, 3.63) is 54.4 Å². The molecule has 1 saturated carbocycles. The smallest absolute Gasteiger partial charge is 0.236 e. The van der Waals surface area contributed by atoms with E-state index in [0.717, 1.165) is 38.2 Å². The van der Waals surface area contributed by atoms with Crippen molar-refractivity contribution in [1.82, 2.24) is 20.1 Å². The van der Waals surface area contributed by atoms with E-state index in [1.807, 2.05) is 17.2 Å². The lowest BCUT2D eigenvalue weighted by Gasteiger charge is -2.32. The number of hydrogen-bond donors (Lipinski definition) is 1. The zero-order valence-corrected chi connectivity index (χ0v) is 15.3. The van der Waals surface area contributed by atoms with Gasteiger partial charge >= 0.3 is 0 Å². The van der Waals surface area contributed by atoms with Crippen molar-refractivity contribution in [3.8, 4) is 11.1 Å². The molecule has 0 radical (unpaired) electrons. The van der Waals surface area contributed by atoms with Crippen LogP contribution in [0.25, 0.3) is 11.1 Å². The minimum Gasteiger partial charge on any atom is -0.339 e. The van der Waals surface area contributed by atoms with Crippen molar-refractivity contribution in [2.75, 3.05) is 39.8 Å². The molecular weight excluding hydrogens is 324 g/mol. The number of nitrogens with zero attached hydrogens (tertiary/aromatic N) is 3. The van der Waals surface area contributed by atoms with E-state index >= 15 is 0 Å². The van der Waals surface area contributed by atoms with E-state index in [0.29, 0.717) is 18.5 Å². The van der Waals surface area contributed by atoms with Crippen LogP contribution in [0.15, 0.2) is 48.8 Å². The summed E-state index contributed by atoms with van der Waals surface area (Å²) in [6, 6.07) is 13.2. The van der Waals surface area contributed by atoms with E-state index in [2.05, 4.69) is 52.6 Å². The number of rotatable bonds is 5. The summed E-state index contributed by atoms with van der Waals surface area (Å²) in [5.74, 6) is 0.758. The summed E-state index contributed by atoms with van der Waals surface area (Å²) < 4.78 is 0. The minimum atomic E-state index is 0.232. The fraction of sp³-hybridized carbons (Fsp3) is 0.429. The van der Waals surface area contributed by atoms with Gasteiger partial charge in [-0.15, -0.1) is 0 Å². The van der Waals surface area contributed by atoms with Crippen LogP contribution in [0.1, 0.15) is 17.9 Å². The fourth-order valence-electron chi connectivity index (χ4n) is 3.63. The molecular formula is C21H26N4O. The van der Waals surface area contributed by atoms with Crippen LogP contribution in [0.5, 0.6) is 0 Å². The molecule has 5 nitrogen and oxygen atoms in total. The maximum absolute atomic E-state index is 12.3. The second kappa shape index (κ2) is 7.56. The molecule has 1 aromatic heterocycles. The van der Waals surface area contributed by atoms with Gasteiger partial charge in [0.1, 0.15) is 0 Å². The van der Waals surface area contributed by atoms with Crippen molar-refractivity contribution >= 4 is 5.91 Å². The standard InChI is InChI=1S/C21H26N4O/c1-24-9-11-25(12-10-24)21(26)15-23-20-13-19(20)17-6-4-16(5-7-17)18-3-2-8-22-14-18/h2-8,14,19-20,23H,9-13,15H2,1H3/t19?,20-/m0/s1. The van der Waals surface area contributed by atoms with E-state index in [1.54, 1.807) is 6.20 Å². The van der Waals surface area contributed by atoms with Crippen LogP contribution in [0, 0.1) is 0 Å². The predicted molar refractivity (Wildman–Crippen MR) is 103 cm³/mol. The van der Waals surface area contributed by atoms with Crippen LogP contribution in [-0.2, 0) is 4.79 Å². The van der Waals surface area contributed by atoms with Gasteiger partial charge in [-0.3, -0.25) is 9.78 Å². The third kappa shape index (κ3) is 3.94. The largest absolute Gasteiger partial charge is 0.339 e. The zero-order chi connectivity index (χ0) is 17.9. The topological polar surface area (TPSA) is 48.5 Å². The summed E-state index contributed by atoms with van der Waals surface area (Å²) in [7, 11) is 2.11. The Morgan fingerprint density at radius 1 is 1.12 bits per heavy atom. The van der Waals surface area contributed by atoms with Crippen molar-refractivity contribution in [2.45, 2.75) is 18.4 Å². The van der Waals surface area contributed by atoms with Gasteiger partial charge in [0, 0.05) is 50.5 Å². The third-order valence-corrected chi connectivity index (χ3v) is 5.50. The van der Waals surface area contributed by atoms with Gasteiger partial charge in [-0.05, 0) is 36.2 Å². The SMILES string of the molecule is CN1CCN(C(=O)CN[C@H]2CC2c2ccc(-c3cccnc3)cc2)CC1. The summed E-state index contributed by atoms with van der Waals surface area (Å²) in [6.45, 7) is 4.10. The first-order valence-electron chi connectivity index (χ1n) is 9.41. The maximum Gasteiger partial charge on any atom is 0.236 e. The van der Waals surface area contributed by atoms with E-state index in [1.165, 1.54) is 11.1 Å². The average molecular weight is 350 g/mol. The van der Waals surface area contributed by atoms with Crippen molar-refractivity contribution in [1.29, 1.82) is 0 Å². The molecule has 1 aliphatic carbocycles. The van der Waals surface area contributed by atoms with Crippen LogP contribution in [0.2, 0.25) is 0 Å². The highest BCUT2D eigenvalue weighted by molar-refractivity contribution is 5.78. The lowest BCUT2D eigenvalue weighted by molar-refractivity contribution is -0.131. The lowest BCUT2D eigenvalue weighted by atomic mass is 10.0. The van der Waals surface area contributed by atoms with E-state index < -0.39 is 0 Å². The average Bonchev–Trinajstić information content (AvgIpc) is 3.47. The summed E-state index contributed by atoms with van der Waals surface area (Å²) in [5, 5.41) is 3.44. The highest BCUT2D eigenvalue weighted by Gasteiger charge is 2.38. The van der Waals surface area contributed by atoms with Crippen molar-refractivity contribution in [3.63, 3.8) is 0 Å². The number of piperazine rings is 1. The highest BCUT2D eigenvalue weighted by Crippen LogP contribution is 2.41. The van der Waals surface area contributed by atoms with E-state index in [-0.39, 0.29) is 5.91 Å². The van der Waals surface area contributed by atoms with Crippen molar-refractivity contribution < 1.29 is 4.79 Å². The molecule has 26 heavy (non-hydrogen) atoms. The van der Waals surface area contributed by atoms with Gasteiger partial charge < -0.3 is 15.1 Å². The molecule has 1 aromatic carbocycles. The number of carbonyl (C=O) groups is 1. The predicted octanol–water partition coefficient (Wildman–Crippen LogP) is 1.97. The molecule has 1 N–H and O–H groups in total. The van der Waals surface area contributed by atoms with Gasteiger partial charge in [-0.25, -0.2) is 0 Å². The normalized spacial score (nSPS) is 23.0. The van der Waals surface area contributed by atoms with Crippen LogP contribution < -0.4 is 5.32 Å². The molecule has 2 heterocycles. The highest BCUT2D eigenvalue weighted by atomic mass is 16.2. The lowest BCUT2D eigenvalue weighted by Crippen LogP contribution is -2.49. The quantitative estimate of drug-likeness (QED) is 0.896. The van der Waals surface area contributed by atoms with Crippen LogP contribution in [0.3, 0.4) is 0 Å². The molecule has 5 heteroatoms. The summed E-state index contributed by atoms with van der Waals surface area (Å²) in [6.07, 6.45) is 4.80. The first-order chi connectivity index (χ1) is 12.7. The van der Waals surface area contributed by atoms with Gasteiger partial charge in [0.15, 0.2) is 0 Å². The Hall–Kier alpha value is -2.24. The molecule has 1 saturated heterocycles. The number of aromatic nitrogens is 1. The van der Waals surface area contributed by atoms with Crippen LogP contribution >= 0.6 is 0 Å². The Bertz CT molecular complexity index is 738. The number of pyridine rings is 1. The van der Waals surface area contributed by atoms with Crippen molar-refractivity contribution in [2.24, 2.45) is 0 Å². The Balaban J connectivity index is 1.27. The van der Waals surface area contributed by atoms with Crippen LogP contribution in [-0.4, -0.2) is 66.5 Å². The van der Waals surface area contributed by atoms with E-state index in [9.17, 15) is 4.79 Å². The Labute approximate surface area is 155 Å². The number of carbonyl (C=O) groups excluding carboxylic acids is 1. The number of nitrogens with one attached hydrogen (secondary N) is 1. The molecule has 2 atom stereocenters. The third-order valence-electron chi connectivity index (χ3n) is 5.50. The fourth-order valence-corrected chi connectivity index (χ4v) is 3.63. The Morgan fingerprint density at radius 2 is 1.88 bits per heavy atom. The number of amides is 1. The van der Waals surface area contributed by atoms with Crippen LogP contribution in [0.4, 0.5) is 0 Å². The summed E-state index contributed by atoms with van der Waals surface area (Å²) in [5.41, 5.74) is 3.68. The molecule has 2 fully saturated rings. The molecule has 1 aliphatic heterocycles. The molecule has 0 spiro atoms. The summed E-state index contributed by atoms with van der Waals surface area (Å²) >= 11 is 0. The van der Waals surface area contributed by atoms with Gasteiger partial charge in [-0.2, -0.15) is 0 Å². The van der Waals surface area contributed by atoms with Gasteiger partial charge in [-0.1, -0.05) is 30.3 Å². The Kier molecular flexibility index (Phi) is 5.00. The Morgan fingerprint density at radius 3 is 2.58 bits per heavy atom.